The van der Waals surface area contributed by atoms with Crippen LogP contribution in [0.5, 0.6) is 11.5 Å². The molecule has 1 amide bonds. The van der Waals surface area contributed by atoms with Crippen LogP contribution in [0, 0.1) is 22.0 Å². The highest BCUT2D eigenvalue weighted by atomic mass is 16.7. The summed E-state index contributed by atoms with van der Waals surface area (Å²) in [6.07, 6.45) is 4.46. The zero-order chi connectivity index (χ0) is 21.8. The quantitative estimate of drug-likeness (QED) is 0.326. The molecule has 0 aromatic heterocycles. The van der Waals surface area contributed by atoms with Crippen LogP contribution in [0.15, 0.2) is 18.2 Å². The molecule has 1 aromatic carbocycles. The summed E-state index contributed by atoms with van der Waals surface area (Å²) in [6.45, 7) is 5.77. The van der Waals surface area contributed by atoms with Gasteiger partial charge in [-0.2, -0.15) is 0 Å². The summed E-state index contributed by atoms with van der Waals surface area (Å²) in [4.78, 5) is 35.3. The number of benzene rings is 1. The minimum atomic E-state index is -0.974. The molecule has 0 spiro atoms. The molecule has 1 saturated carbocycles. The fourth-order valence-electron chi connectivity index (χ4n) is 3.75. The van der Waals surface area contributed by atoms with E-state index in [0.717, 1.165) is 25.3 Å². The molecular weight excluding hydrogens is 392 g/mol. The second-order valence-electron chi connectivity index (χ2n) is 7.82. The number of nitrogens with one attached hydrogen (secondary N) is 1. The van der Waals surface area contributed by atoms with E-state index in [4.69, 9.17) is 14.2 Å². The molecule has 9 heteroatoms. The van der Waals surface area contributed by atoms with Crippen LogP contribution >= 0.6 is 0 Å². The van der Waals surface area contributed by atoms with Gasteiger partial charge in [0.25, 0.3) is 11.6 Å². The number of esters is 1. The number of ether oxygens (including phenoxy) is 3. The molecule has 0 saturated heterocycles. The van der Waals surface area contributed by atoms with Crippen LogP contribution in [0.25, 0.3) is 6.08 Å². The molecule has 162 valence electrons. The highest BCUT2D eigenvalue weighted by molar-refractivity contribution is 5.91. The maximum Gasteiger partial charge on any atom is 0.331 e. The highest BCUT2D eigenvalue weighted by Gasteiger charge is 2.30. The third-order valence-electron chi connectivity index (χ3n) is 5.81. The smallest absolute Gasteiger partial charge is 0.331 e. The fourth-order valence-corrected chi connectivity index (χ4v) is 3.75. The lowest BCUT2D eigenvalue weighted by Crippen LogP contribution is -2.47. The minimum Gasteiger partial charge on any atom is -0.454 e. The number of nitrogens with zero attached hydrogens (tertiary/aromatic N) is 1. The van der Waals surface area contributed by atoms with Gasteiger partial charge in [-0.05, 0) is 37.3 Å². The Hall–Kier alpha value is -3.10. The van der Waals surface area contributed by atoms with E-state index in [2.05, 4.69) is 19.2 Å². The summed E-state index contributed by atoms with van der Waals surface area (Å²) in [6, 6.07) is 2.73. The maximum absolute atomic E-state index is 12.4. The van der Waals surface area contributed by atoms with Crippen LogP contribution in [0.2, 0.25) is 0 Å². The van der Waals surface area contributed by atoms with Crippen LogP contribution < -0.4 is 14.8 Å². The zero-order valence-electron chi connectivity index (χ0n) is 17.3. The third-order valence-corrected chi connectivity index (χ3v) is 5.81. The van der Waals surface area contributed by atoms with E-state index in [1.54, 1.807) is 0 Å². The van der Waals surface area contributed by atoms with Gasteiger partial charge in [0.1, 0.15) is 0 Å². The Morgan fingerprint density at radius 3 is 2.67 bits per heavy atom. The van der Waals surface area contributed by atoms with Gasteiger partial charge in [0.2, 0.25) is 6.79 Å². The van der Waals surface area contributed by atoms with Gasteiger partial charge < -0.3 is 19.5 Å². The average molecular weight is 418 g/mol. The van der Waals surface area contributed by atoms with Crippen molar-refractivity contribution in [3.05, 3.63) is 33.9 Å². The number of carbonyl (C=O) groups excluding carboxylic acids is 2. The minimum absolute atomic E-state index is 0.0211. The summed E-state index contributed by atoms with van der Waals surface area (Å²) in [7, 11) is 0. The Kier molecular flexibility index (Phi) is 6.59. The summed E-state index contributed by atoms with van der Waals surface area (Å²) in [5.41, 5.74) is -0.0576. The van der Waals surface area contributed by atoms with E-state index >= 15 is 0 Å². The van der Waals surface area contributed by atoms with Gasteiger partial charge in [0.05, 0.1) is 16.6 Å². The number of hydrogen-bond donors (Lipinski definition) is 1. The number of nitro benzene ring substituents is 1. The average Bonchev–Trinajstić information content (AvgIpc) is 3.16. The second kappa shape index (κ2) is 9.15. The molecule has 4 atom stereocenters. The number of fused-ring (bicyclic) bond motifs is 1. The van der Waals surface area contributed by atoms with E-state index in [0.29, 0.717) is 17.6 Å². The van der Waals surface area contributed by atoms with Gasteiger partial charge >= 0.3 is 5.97 Å². The van der Waals surface area contributed by atoms with Gasteiger partial charge in [0, 0.05) is 12.1 Å². The Balaban J connectivity index is 1.60. The maximum atomic E-state index is 12.4. The lowest BCUT2D eigenvalue weighted by Gasteiger charge is -2.35. The standard InChI is InChI=1S/C21H26N2O7/c1-12-5-4-6-16(13(12)2)22-21(25)14(3)30-20(24)8-7-15-9-18-19(29-11-28-18)10-17(15)23(26)27/h7-10,12-14,16H,4-6,11H2,1-3H3,(H,22,25)/b8-7+/t12-,13-,14-,16-/m1/s1. The molecule has 0 unspecified atom stereocenters. The van der Waals surface area contributed by atoms with Crippen molar-refractivity contribution in [2.75, 3.05) is 6.79 Å². The van der Waals surface area contributed by atoms with Crippen molar-refractivity contribution in [3.63, 3.8) is 0 Å². The van der Waals surface area contributed by atoms with Crippen molar-refractivity contribution in [2.24, 2.45) is 11.8 Å². The Morgan fingerprint density at radius 2 is 1.97 bits per heavy atom. The topological polar surface area (TPSA) is 117 Å². The van der Waals surface area contributed by atoms with Gasteiger partial charge in [-0.3, -0.25) is 14.9 Å². The zero-order valence-corrected chi connectivity index (χ0v) is 17.3. The van der Waals surface area contributed by atoms with Gasteiger partial charge in [-0.1, -0.05) is 26.7 Å². The lowest BCUT2D eigenvalue weighted by atomic mass is 9.78. The lowest BCUT2D eigenvalue weighted by molar-refractivity contribution is -0.385. The summed E-state index contributed by atoms with van der Waals surface area (Å²) < 4.78 is 15.5. The first-order chi connectivity index (χ1) is 14.3. The summed E-state index contributed by atoms with van der Waals surface area (Å²) in [5, 5.41) is 14.2. The first kappa shape index (κ1) is 21.6. The van der Waals surface area contributed by atoms with E-state index in [9.17, 15) is 19.7 Å². The van der Waals surface area contributed by atoms with Crippen molar-refractivity contribution in [1.82, 2.24) is 5.32 Å². The van der Waals surface area contributed by atoms with E-state index in [1.165, 1.54) is 25.1 Å². The van der Waals surface area contributed by atoms with Crippen molar-refractivity contribution >= 4 is 23.6 Å². The van der Waals surface area contributed by atoms with E-state index < -0.39 is 17.0 Å². The monoisotopic (exact) mass is 418 g/mol. The highest BCUT2D eigenvalue weighted by Crippen LogP contribution is 2.38. The SMILES string of the molecule is C[C@@H]1[C@H](C)CCC[C@H]1NC(=O)[C@@H](C)OC(=O)/C=C/c1cc2c(cc1[N+](=O)[O-])OCO2. The van der Waals surface area contributed by atoms with Crippen LogP contribution in [-0.4, -0.2) is 35.7 Å². The van der Waals surface area contributed by atoms with Crippen LogP contribution in [0.4, 0.5) is 5.69 Å². The first-order valence-corrected chi connectivity index (χ1v) is 10.0. The molecule has 9 nitrogen and oxygen atoms in total. The first-order valence-electron chi connectivity index (χ1n) is 10.0. The Bertz CT molecular complexity index is 867. The molecule has 3 rings (SSSR count). The van der Waals surface area contributed by atoms with Gasteiger partial charge in [0.15, 0.2) is 17.6 Å². The van der Waals surface area contributed by atoms with Gasteiger partial charge in [-0.15, -0.1) is 0 Å². The second-order valence-corrected chi connectivity index (χ2v) is 7.82. The largest absolute Gasteiger partial charge is 0.454 e. The fraction of sp³-hybridized carbons (Fsp3) is 0.524. The number of carbonyl (C=O) groups is 2. The van der Waals surface area contributed by atoms with E-state index in [-0.39, 0.29) is 35.7 Å². The molecule has 1 aliphatic carbocycles. The van der Waals surface area contributed by atoms with Crippen LogP contribution in [0.3, 0.4) is 0 Å². The van der Waals surface area contributed by atoms with Crippen molar-refractivity contribution in [3.8, 4) is 11.5 Å². The van der Waals surface area contributed by atoms with Crippen LogP contribution in [0.1, 0.15) is 45.6 Å². The molecule has 1 heterocycles. The normalized spacial score (nSPS) is 23.8. The molecule has 1 aromatic rings. The van der Waals surface area contributed by atoms with Crippen molar-refractivity contribution < 1.29 is 28.7 Å². The molecule has 1 fully saturated rings. The predicted molar refractivity (Wildman–Crippen MR) is 108 cm³/mol. The Labute approximate surface area is 174 Å². The van der Waals surface area contributed by atoms with Gasteiger partial charge in [-0.25, -0.2) is 4.79 Å². The van der Waals surface area contributed by atoms with Crippen molar-refractivity contribution in [2.45, 2.75) is 52.2 Å². The number of rotatable bonds is 6. The number of nitro groups is 1. The number of amides is 1. The van der Waals surface area contributed by atoms with Crippen LogP contribution in [-0.2, 0) is 14.3 Å². The van der Waals surface area contributed by atoms with E-state index in [1.807, 2.05) is 0 Å². The molecule has 1 aliphatic heterocycles. The molecule has 0 bridgehead atoms. The predicted octanol–water partition coefficient (Wildman–Crippen LogP) is 3.21. The molecule has 1 N–H and O–H groups in total. The molecule has 2 aliphatic rings. The summed E-state index contributed by atoms with van der Waals surface area (Å²) in [5.74, 6) is 0.404. The molecule has 0 radical (unpaired) electrons. The van der Waals surface area contributed by atoms with Crippen molar-refractivity contribution in [1.29, 1.82) is 0 Å². The number of hydrogen-bond acceptors (Lipinski definition) is 7. The summed E-state index contributed by atoms with van der Waals surface area (Å²) >= 11 is 0. The third kappa shape index (κ3) is 4.90. The Morgan fingerprint density at radius 1 is 1.27 bits per heavy atom. The molecule has 30 heavy (non-hydrogen) atoms. The molecular formula is C21H26N2O7.